The van der Waals surface area contributed by atoms with Gasteiger partial charge in [-0.05, 0) is 18.1 Å². The van der Waals surface area contributed by atoms with E-state index in [2.05, 4.69) is 41.5 Å². The molecule has 18 heavy (non-hydrogen) atoms. The lowest BCUT2D eigenvalue weighted by Crippen LogP contribution is -2.10. The maximum Gasteiger partial charge on any atom is 0.0720 e. The Morgan fingerprint density at radius 2 is 2.00 bits per heavy atom. The Morgan fingerprint density at radius 3 is 2.67 bits per heavy atom. The van der Waals surface area contributed by atoms with E-state index >= 15 is 0 Å². The second kappa shape index (κ2) is 6.41. The number of halogens is 1. The molecule has 0 spiro atoms. The van der Waals surface area contributed by atoms with Crippen molar-refractivity contribution < 1.29 is 0 Å². The minimum atomic E-state index is 0.276. The van der Waals surface area contributed by atoms with Gasteiger partial charge in [-0.25, -0.2) is 0 Å². The molecule has 1 heterocycles. The fraction of sp³-hybridized carbons (Fsp3) is 0.267. The molecule has 94 valence electrons. The third-order valence-corrected chi connectivity index (χ3v) is 3.21. The van der Waals surface area contributed by atoms with Crippen molar-refractivity contribution in [2.24, 2.45) is 0 Å². The fourth-order valence-corrected chi connectivity index (χ4v) is 2.13. The first-order chi connectivity index (χ1) is 8.81. The maximum absolute atomic E-state index is 6.15. The predicted octanol–water partition coefficient (Wildman–Crippen LogP) is 4.69. The Kier molecular flexibility index (Phi) is 4.59. The lowest BCUT2D eigenvalue weighted by atomic mass is 10.0. The normalized spacial score (nSPS) is 12.1. The van der Waals surface area contributed by atoms with E-state index in [-0.39, 0.29) is 6.04 Å². The summed E-state index contributed by atoms with van der Waals surface area (Å²) in [4.78, 5) is 4.11. The third-order valence-electron chi connectivity index (χ3n) is 2.88. The van der Waals surface area contributed by atoms with E-state index in [0.29, 0.717) is 5.02 Å². The Morgan fingerprint density at radius 1 is 1.22 bits per heavy atom. The van der Waals surface area contributed by atoms with Crippen LogP contribution in [0.5, 0.6) is 0 Å². The molecule has 3 heteroatoms. The first-order valence-corrected chi connectivity index (χ1v) is 6.60. The minimum absolute atomic E-state index is 0.276. The maximum atomic E-state index is 6.15. The van der Waals surface area contributed by atoms with Gasteiger partial charge in [0.25, 0.3) is 0 Å². The molecule has 0 aliphatic rings. The lowest BCUT2D eigenvalue weighted by Gasteiger charge is -2.20. The van der Waals surface area contributed by atoms with Crippen molar-refractivity contribution in [2.45, 2.75) is 25.8 Å². The van der Waals surface area contributed by atoms with Gasteiger partial charge in [0.05, 0.1) is 22.9 Å². The number of hydrogen-bond acceptors (Lipinski definition) is 2. The summed E-state index contributed by atoms with van der Waals surface area (Å²) >= 11 is 6.15. The van der Waals surface area contributed by atoms with Crippen molar-refractivity contribution in [3.63, 3.8) is 0 Å². The number of nitrogens with zero attached hydrogens (tertiary/aromatic N) is 1. The molecule has 0 saturated heterocycles. The Labute approximate surface area is 113 Å². The first kappa shape index (κ1) is 12.9. The smallest absolute Gasteiger partial charge is 0.0720 e. The van der Waals surface area contributed by atoms with E-state index in [1.807, 2.05) is 6.07 Å². The van der Waals surface area contributed by atoms with Crippen LogP contribution in [-0.2, 0) is 0 Å². The van der Waals surface area contributed by atoms with Crippen LogP contribution in [0, 0.1) is 0 Å². The first-order valence-electron chi connectivity index (χ1n) is 6.22. The molecule has 1 atom stereocenters. The summed E-state index contributed by atoms with van der Waals surface area (Å²) in [6.45, 7) is 2.18. The summed E-state index contributed by atoms with van der Waals surface area (Å²) in [6, 6.07) is 12.5. The monoisotopic (exact) mass is 260 g/mol. The van der Waals surface area contributed by atoms with Gasteiger partial charge >= 0.3 is 0 Å². The summed E-state index contributed by atoms with van der Waals surface area (Å²) in [6.07, 6.45) is 5.65. The summed E-state index contributed by atoms with van der Waals surface area (Å²) in [5, 5.41) is 4.18. The quantitative estimate of drug-likeness (QED) is 0.844. The number of anilines is 1. The fourth-order valence-electron chi connectivity index (χ4n) is 1.97. The molecule has 0 aliphatic carbocycles. The van der Waals surface area contributed by atoms with E-state index < -0.39 is 0 Å². The summed E-state index contributed by atoms with van der Waals surface area (Å²) < 4.78 is 0. The molecule has 1 aromatic heterocycles. The second-order valence-corrected chi connectivity index (χ2v) is 4.66. The van der Waals surface area contributed by atoms with Gasteiger partial charge in [-0.15, -0.1) is 0 Å². The highest BCUT2D eigenvalue weighted by Crippen LogP contribution is 2.27. The van der Waals surface area contributed by atoms with Gasteiger partial charge in [-0.1, -0.05) is 55.3 Å². The van der Waals surface area contributed by atoms with Crippen LogP contribution in [0.4, 0.5) is 5.69 Å². The van der Waals surface area contributed by atoms with E-state index in [9.17, 15) is 0 Å². The molecule has 2 aromatic rings. The minimum Gasteiger partial charge on any atom is -0.376 e. The zero-order valence-corrected chi connectivity index (χ0v) is 11.2. The highest BCUT2D eigenvalue weighted by Gasteiger charge is 2.11. The molecule has 0 fully saturated rings. The topological polar surface area (TPSA) is 24.9 Å². The Bertz CT molecular complexity index is 485. The van der Waals surface area contributed by atoms with Crippen LogP contribution >= 0.6 is 11.6 Å². The van der Waals surface area contributed by atoms with E-state index in [0.717, 1.165) is 18.5 Å². The number of hydrogen-bond donors (Lipinski definition) is 1. The molecular weight excluding hydrogens is 244 g/mol. The average Bonchev–Trinajstić information content (AvgIpc) is 2.42. The van der Waals surface area contributed by atoms with Crippen LogP contribution in [0.2, 0.25) is 5.02 Å². The van der Waals surface area contributed by atoms with Crippen molar-refractivity contribution in [1.82, 2.24) is 4.98 Å². The molecule has 1 unspecified atom stereocenters. The van der Waals surface area contributed by atoms with Crippen molar-refractivity contribution in [2.75, 3.05) is 5.32 Å². The summed E-state index contributed by atoms with van der Waals surface area (Å²) in [5.74, 6) is 0. The van der Waals surface area contributed by atoms with Gasteiger partial charge in [-0.3, -0.25) is 4.98 Å². The van der Waals surface area contributed by atoms with Gasteiger partial charge in [-0.2, -0.15) is 0 Å². The number of aromatic nitrogens is 1. The zero-order chi connectivity index (χ0) is 12.8. The molecule has 2 nitrogen and oxygen atoms in total. The number of nitrogens with one attached hydrogen (secondary N) is 1. The van der Waals surface area contributed by atoms with Crippen LogP contribution < -0.4 is 5.32 Å². The van der Waals surface area contributed by atoms with Crippen LogP contribution in [0.15, 0.2) is 48.8 Å². The van der Waals surface area contributed by atoms with Crippen molar-refractivity contribution >= 4 is 17.3 Å². The van der Waals surface area contributed by atoms with E-state index in [1.54, 1.807) is 18.5 Å². The van der Waals surface area contributed by atoms with Gasteiger partial charge < -0.3 is 5.32 Å². The van der Waals surface area contributed by atoms with Gasteiger partial charge in [0.1, 0.15) is 0 Å². The van der Waals surface area contributed by atoms with Crippen LogP contribution in [0.3, 0.4) is 0 Å². The van der Waals surface area contributed by atoms with Crippen molar-refractivity contribution in [3.05, 3.63) is 59.4 Å². The molecule has 2 rings (SSSR count). The van der Waals surface area contributed by atoms with Crippen molar-refractivity contribution in [3.8, 4) is 0 Å². The van der Waals surface area contributed by atoms with Crippen LogP contribution in [-0.4, -0.2) is 4.98 Å². The molecule has 1 N–H and O–H groups in total. The zero-order valence-electron chi connectivity index (χ0n) is 10.4. The number of benzene rings is 1. The second-order valence-electron chi connectivity index (χ2n) is 4.25. The lowest BCUT2D eigenvalue weighted by molar-refractivity contribution is 0.677. The van der Waals surface area contributed by atoms with Gasteiger partial charge in [0, 0.05) is 6.20 Å². The molecule has 0 saturated carbocycles. The highest BCUT2D eigenvalue weighted by molar-refractivity contribution is 6.33. The molecule has 0 aliphatic heterocycles. The average molecular weight is 261 g/mol. The van der Waals surface area contributed by atoms with Gasteiger partial charge in [0.15, 0.2) is 0 Å². The SMILES string of the molecule is CCCC(Nc1cnccc1Cl)c1ccccc1. The Hall–Kier alpha value is -1.54. The number of rotatable bonds is 5. The van der Waals surface area contributed by atoms with Gasteiger partial charge in [0.2, 0.25) is 0 Å². The third kappa shape index (κ3) is 3.23. The molecule has 1 aromatic carbocycles. The summed E-state index contributed by atoms with van der Waals surface area (Å²) in [7, 11) is 0. The number of pyridine rings is 1. The molecule has 0 bridgehead atoms. The molecular formula is C15H17ClN2. The van der Waals surface area contributed by atoms with Crippen LogP contribution in [0.25, 0.3) is 0 Å². The standard InChI is InChI=1S/C15H17ClN2/c1-2-6-14(12-7-4-3-5-8-12)18-15-11-17-10-9-13(15)16/h3-5,7-11,14,18H,2,6H2,1H3. The summed E-state index contributed by atoms with van der Waals surface area (Å²) in [5.41, 5.74) is 2.17. The molecule has 0 radical (unpaired) electrons. The highest BCUT2D eigenvalue weighted by atomic mass is 35.5. The predicted molar refractivity (Wildman–Crippen MR) is 77.0 cm³/mol. The van der Waals surface area contributed by atoms with Crippen LogP contribution in [0.1, 0.15) is 31.4 Å². The van der Waals surface area contributed by atoms with E-state index in [1.165, 1.54) is 5.56 Å². The largest absolute Gasteiger partial charge is 0.376 e. The molecule has 0 amide bonds. The van der Waals surface area contributed by atoms with Crippen molar-refractivity contribution in [1.29, 1.82) is 0 Å². The Balaban J connectivity index is 2.19. The van der Waals surface area contributed by atoms with E-state index in [4.69, 9.17) is 11.6 Å².